The van der Waals surface area contributed by atoms with E-state index in [4.69, 9.17) is 0 Å². The number of benzene rings is 1. The fraction of sp³-hybridized carbons (Fsp3) is 0.500. The van der Waals surface area contributed by atoms with Gasteiger partial charge in [0.1, 0.15) is 4.88 Å². The third-order valence-corrected chi connectivity index (χ3v) is 6.38. The number of thiazole rings is 1. The smallest absolute Gasteiger partial charge is 0.321 e. The largest absolute Gasteiger partial charge is 0.377 e. The molecule has 0 aliphatic carbocycles. The first kappa shape index (κ1) is 23.7. The molecule has 0 saturated heterocycles. The Morgan fingerprint density at radius 1 is 0.967 bits per heavy atom. The van der Waals surface area contributed by atoms with Gasteiger partial charge in [0.25, 0.3) is 5.91 Å². The second kappa shape index (κ2) is 9.93. The summed E-state index contributed by atoms with van der Waals surface area (Å²) in [7, 11) is 4.06. The van der Waals surface area contributed by atoms with Crippen LogP contribution in [-0.4, -0.2) is 37.6 Å². The second-order valence-corrected chi connectivity index (χ2v) is 8.74. The van der Waals surface area contributed by atoms with Crippen molar-refractivity contribution in [2.24, 2.45) is 0 Å². The van der Waals surface area contributed by atoms with Gasteiger partial charge in [-0.1, -0.05) is 24.7 Å². The average Bonchev–Trinajstić information content (AvgIpc) is 3.03. The summed E-state index contributed by atoms with van der Waals surface area (Å²) in [6.07, 6.45) is 1.93. The van der Waals surface area contributed by atoms with E-state index in [-0.39, 0.29) is 11.9 Å². The number of urea groups is 1. The number of carbonyl (C=O) groups is 2. The van der Waals surface area contributed by atoms with Crippen molar-refractivity contribution in [3.05, 3.63) is 32.8 Å². The van der Waals surface area contributed by atoms with Crippen LogP contribution in [0.15, 0.2) is 0 Å². The number of amides is 3. The highest BCUT2D eigenvalue weighted by atomic mass is 32.1. The van der Waals surface area contributed by atoms with Gasteiger partial charge < -0.3 is 15.5 Å². The molecule has 0 aliphatic heterocycles. The second-order valence-electron chi connectivity index (χ2n) is 7.74. The molecule has 164 valence electrons. The monoisotopic (exact) mass is 431 g/mol. The molecule has 2 aromatic rings. The molecule has 0 unspecified atom stereocenters. The standard InChI is InChI=1S/C22H33N5O2S/c1-9-10-11-23-21(29)26-22-24-16(6)19(30-22)20(28)25-17-12(2)14(4)18(27(7)8)15(5)13(17)3/h9-11H2,1-8H3,(H,25,28)(H2,23,24,26,29). The summed E-state index contributed by atoms with van der Waals surface area (Å²) < 4.78 is 0. The maximum atomic E-state index is 13.0. The molecule has 7 nitrogen and oxygen atoms in total. The molecule has 0 aliphatic rings. The summed E-state index contributed by atoms with van der Waals surface area (Å²) in [5.41, 5.74) is 6.99. The van der Waals surface area contributed by atoms with Gasteiger partial charge >= 0.3 is 6.03 Å². The van der Waals surface area contributed by atoms with Crippen LogP contribution in [0.4, 0.5) is 21.3 Å². The van der Waals surface area contributed by atoms with E-state index in [9.17, 15) is 9.59 Å². The number of aryl methyl sites for hydroxylation is 1. The van der Waals surface area contributed by atoms with Gasteiger partial charge in [-0.3, -0.25) is 10.1 Å². The molecule has 1 heterocycles. The third kappa shape index (κ3) is 5.11. The normalized spacial score (nSPS) is 10.7. The van der Waals surface area contributed by atoms with Crippen LogP contribution >= 0.6 is 11.3 Å². The van der Waals surface area contributed by atoms with Gasteiger partial charge in [-0.25, -0.2) is 9.78 Å². The first-order valence-corrected chi connectivity index (χ1v) is 11.0. The van der Waals surface area contributed by atoms with Gasteiger partial charge in [-0.2, -0.15) is 0 Å². The fourth-order valence-electron chi connectivity index (χ4n) is 3.50. The number of aromatic nitrogens is 1. The Labute approximate surface area is 183 Å². The molecular weight excluding hydrogens is 398 g/mol. The number of unbranched alkanes of at least 4 members (excludes halogenated alkanes) is 1. The number of anilines is 3. The lowest BCUT2D eigenvalue weighted by Crippen LogP contribution is -2.29. The van der Waals surface area contributed by atoms with Crippen LogP contribution in [0.3, 0.4) is 0 Å². The molecule has 0 atom stereocenters. The maximum absolute atomic E-state index is 13.0. The summed E-state index contributed by atoms with van der Waals surface area (Å²) in [4.78, 5) is 31.9. The molecule has 0 bridgehead atoms. The molecule has 8 heteroatoms. The molecule has 3 amide bonds. The minimum absolute atomic E-state index is 0.216. The molecular formula is C22H33N5O2S. The van der Waals surface area contributed by atoms with Crippen molar-refractivity contribution in [3.8, 4) is 0 Å². The van der Waals surface area contributed by atoms with E-state index in [1.807, 2.05) is 27.9 Å². The highest BCUT2D eigenvalue weighted by molar-refractivity contribution is 7.17. The van der Waals surface area contributed by atoms with E-state index in [1.54, 1.807) is 6.92 Å². The average molecular weight is 432 g/mol. The molecule has 1 aromatic carbocycles. The number of nitrogens with zero attached hydrogens (tertiary/aromatic N) is 2. The van der Waals surface area contributed by atoms with Gasteiger partial charge in [0, 0.05) is 32.0 Å². The SMILES string of the molecule is CCCCNC(=O)Nc1nc(C)c(C(=O)Nc2c(C)c(C)c(N(C)C)c(C)c2C)s1. The Balaban J connectivity index is 2.23. The van der Waals surface area contributed by atoms with Gasteiger partial charge in [-0.05, 0) is 63.3 Å². The van der Waals surface area contributed by atoms with Crippen LogP contribution in [0.1, 0.15) is 57.4 Å². The predicted octanol–water partition coefficient (Wildman–Crippen LogP) is 4.93. The van der Waals surface area contributed by atoms with Crippen LogP contribution in [-0.2, 0) is 0 Å². The minimum atomic E-state index is -0.304. The van der Waals surface area contributed by atoms with Crippen LogP contribution in [0.5, 0.6) is 0 Å². The Morgan fingerprint density at radius 2 is 1.57 bits per heavy atom. The molecule has 0 saturated carbocycles. The Morgan fingerprint density at radius 3 is 2.10 bits per heavy atom. The summed E-state index contributed by atoms with van der Waals surface area (Å²) >= 11 is 1.18. The van der Waals surface area contributed by atoms with E-state index in [2.05, 4.69) is 46.6 Å². The maximum Gasteiger partial charge on any atom is 0.321 e. The van der Waals surface area contributed by atoms with Crippen molar-refractivity contribution >= 4 is 39.8 Å². The van der Waals surface area contributed by atoms with Crippen LogP contribution in [0.25, 0.3) is 0 Å². The lowest BCUT2D eigenvalue weighted by Gasteiger charge is -2.25. The zero-order valence-corrected chi connectivity index (χ0v) is 20.1. The molecule has 2 rings (SSSR count). The van der Waals surface area contributed by atoms with Crippen molar-refractivity contribution in [3.63, 3.8) is 0 Å². The van der Waals surface area contributed by atoms with E-state index >= 15 is 0 Å². The van der Waals surface area contributed by atoms with Crippen LogP contribution < -0.4 is 20.9 Å². The van der Waals surface area contributed by atoms with Gasteiger partial charge in [0.05, 0.1) is 5.69 Å². The predicted molar refractivity (Wildman–Crippen MR) is 126 cm³/mol. The zero-order valence-electron chi connectivity index (χ0n) is 19.2. The molecule has 3 N–H and O–H groups in total. The number of nitrogens with one attached hydrogen (secondary N) is 3. The number of carbonyl (C=O) groups excluding carboxylic acids is 2. The minimum Gasteiger partial charge on any atom is -0.377 e. The Kier molecular flexibility index (Phi) is 7.83. The molecule has 1 aromatic heterocycles. The highest BCUT2D eigenvalue weighted by Crippen LogP contribution is 2.36. The van der Waals surface area contributed by atoms with Crippen molar-refractivity contribution < 1.29 is 9.59 Å². The van der Waals surface area contributed by atoms with Gasteiger partial charge in [0.15, 0.2) is 5.13 Å². The van der Waals surface area contributed by atoms with E-state index < -0.39 is 0 Å². The molecule has 0 radical (unpaired) electrons. The highest BCUT2D eigenvalue weighted by Gasteiger charge is 2.21. The lowest BCUT2D eigenvalue weighted by molar-refractivity contribution is 0.102. The van der Waals surface area contributed by atoms with Crippen molar-refractivity contribution in [1.29, 1.82) is 0 Å². The van der Waals surface area contributed by atoms with E-state index in [1.165, 1.54) is 17.0 Å². The third-order valence-electron chi connectivity index (χ3n) is 5.31. The number of hydrogen-bond acceptors (Lipinski definition) is 5. The zero-order chi connectivity index (χ0) is 22.6. The summed E-state index contributed by atoms with van der Waals surface area (Å²) in [5, 5.41) is 8.99. The molecule has 0 spiro atoms. The fourth-order valence-corrected chi connectivity index (χ4v) is 4.36. The van der Waals surface area contributed by atoms with Gasteiger partial charge in [-0.15, -0.1) is 0 Å². The van der Waals surface area contributed by atoms with E-state index in [0.29, 0.717) is 22.2 Å². The van der Waals surface area contributed by atoms with Crippen molar-refractivity contribution in [1.82, 2.24) is 10.3 Å². The first-order chi connectivity index (χ1) is 14.1. The molecule has 0 fully saturated rings. The molecule has 30 heavy (non-hydrogen) atoms. The number of rotatable bonds is 7. The summed E-state index contributed by atoms with van der Waals surface area (Å²) in [6, 6.07) is -0.304. The summed E-state index contributed by atoms with van der Waals surface area (Å²) in [5.74, 6) is -0.216. The van der Waals surface area contributed by atoms with Crippen LogP contribution in [0.2, 0.25) is 0 Å². The lowest BCUT2D eigenvalue weighted by atomic mass is 9.95. The number of hydrogen-bond donors (Lipinski definition) is 3. The van der Waals surface area contributed by atoms with Gasteiger partial charge in [0.2, 0.25) is 0 Å². The quantitative estimate of drug-likeness (QED) is 0.543. The Hall–Kier alpha value is -2.61. The topological polar surface area (TPSA) is 86.4 Å². The van der Waals surface area contributed by atoms with Crippen molar-refractivity contribution in [2.75, 3.05) is 36.2 Å². The Bertz CT molecular complexity index is 920. The first-order valence-electron chi connectivity index (χ1n) is 10.2. The van der Waals surface area contributed by atoms with E-state index in [0.717, 1.165) is 40.8 Å². The summed E-state index contributed by atoms with van der Waals surface area (Å²) in [6.45, 7) is 12.6. The van der Waals surface area contributed by atoms with Crippen molar-refractivity contribution in [2.45, 2.75) is 54.4 Å². The van der Waals surface area contributed by atoms with Crippen LogP contribution in [0, 0.1) is 34.6 Å².